The number of amides is 2. The Morgan fingerprint density at radius 3 is 2.36 bits per heavy atom. The van der Waals surface area contributed by atoms with Crippen molar-refractivity contribution < 1.29 is 23.2 Å². The summed E-state index contributed by atoms with van der Waals surface area (Å²) in [5.74, 6) is 0. The highest BCUT2D eigenvalue weighted by Gasteiger charge is 2.28. The second-order valence-electron chi connectivity index (χ2n) is 1.80. The van der Waals surface area contributed by atoms with Crippen molar-refractivity contribution in [3.05, 3.63) is 0 Å². The molecular weight excluding hydrogens is 165 g/mol. The third-order valence-corrected chi connectivity index (χ3v) is 0.734. The predicted molar refractivity (Wildman–Crippen MR) is 29.0 cm³/mol. The molecule has 0 aromatic heterocycles. The van der Waals surface area contributed by atoms with Crippen LogP contribution in [0.5, 0.6) is 0 Å². The quantitative estimate of drug-likeness (QED) is 0.449. The van der Waals surface area contributed by atoms with Crippen molar-refractivity contribution in [3.8, 4) is 0 Å². The SMILES string of the molecule is CN(O)C(=O)NCC(F)(F)F. The number of carbonyl (C=O) groups is 1. The molecule has 0 spiro atoms. The molecule has 0 saturated carbocycles. The molecule has 0 heterocycles. The van der Waals surface area contributed by atoms with Gasteiger partial charge in [0.1, 0.15) is 6.54 Å². The van der Waals surface area contributed by atoms with Gasteiger partial charge in [-0.05, 0) is 0 Å². The molecule has 2 amide bonds. The number of carbonyl (C=O) groups excluding carboxylic acids is 1. The number of alkyl halides is 3. The molecule has 2 N–H and O–H groups in total. The van der Waals surface area contributed by atoms with E-state index in [-0.39, 0.29) is 5.06 Å². The van der Waals surface area contributed by atoms with Crippen LogP contribution in [0.15, 0.2) is 0 Å². The van der Waals surface area contributed by atoms with E-state index < -0.39 is 18.8 Å². The lowest BCUT2D eigenvalue weighted by molar-refractivity contribution is -0.124. The van der Waals surface area contributed by atoms with E-state index in [1.165, 1.54) is 5.32 Å². The second kappa shape index (κ2) is 3.42. The predicted octanol–water partition coefficient (Wildman–Crippen LogP) is 0.579. The van der Waals surface area contributed by atoms with Crippen LogP contribution in [0.25, 0.3) is 0 Å². The number of hydroxylamine groups is 2. The molecule has 0 aromatic rings. The fourth-order valence-electron chi connectivity index (χ4n) is 0.290. The Bertz CT molecular complexity index is 145. The summed E-state index contributed by atoms with van der Waals surface area (Å²) in [5.41, 5.74) is 0. The smallest absolute Gasteiger partial charge is 0.327 e. The van der Waals surface area contributed by atoms with Crippen LogP contribution >= 0.6 is 0 Å². The number of nitrogens with zero attached hydrogens (tertiary/aromatic N) is 1. The Morgan fingerprint density at radius 2 is 2.09 bits per heavy atom. The first kappa shape index (κ1) is 10.0. The Hall–Kier alpha value is -0.980. The van der Waals surface area contributed by atoms with Crippen molar-refractivity contribution in [1.29, 1.82) is 0 Å². The number of rotatable bonds is 1. The van der Waals surface area contributed by atoms with Gasteiger partial charge in [-0.15, -0.1) is 0 Å². The van der Waals surface area contributed by atoms with Gasteiger partial charge in [0, 0.05) is 7.05 Å². The Kier molecular flexibility index (Phi) is 3.12. The van der Waals surface area contributed by atoms with E-state index in [1.807, 2.05) is 0 Å². The van der Waals surface area contributed by atoms with E-state index in [0.717, 1.165) is 7.05 Å². The van der Waals surface area contributed by atoms with Gasteiger partial charge in [-0.25, -0.2) is 9.86 Å². The lowest BCUT2D eigenvalue weighted by Crippen LogP contribution is -2.40. The average Bonchev–Trinajstić information content (AvgIpc) is 1.80. The summed E-state index contributed by atoms with van der Waals surface area (Å²) in [6.45, 7) is -1.45. The van der Waals surface area contributed by atoms with Crippen LogP contribution in [0.1, 0.15) is 0 Å². The molecule has 0 aliphatic heterocycles. The lowest BCUT2D eigenvalue weighted by atomic mass is 10.6. The van der Waals surface area contributed by atoms with Gasteiger partial charge in [-0.2, -0.15) is 13.2 Å². The third-order valence-electron chi connectivity index (χ3n) is 0.734. The van der Waals surface area contributed by atoms with E-state index in [1.54, 1.807) is 0 Å². The molecular formula is C4H7F3N2O2. The molecule has 7 heteroatoms. The van der Waals surface area contributed by atoms with Crippen LogP contribution in [0.2, 0.25) is 0 Å². The molecule has 0 unspecified atom stereocenters. The number of urea groups is 1. The van der Waals surface area contributed by atoms with Crippen molar-refractivity contribution in [1.82, 2.24) is 10.4 Å². The zero-order valence-corrected chi connectivity index (χ0v) is 5.64. The minimum absolute atomic E-state index is 0.0335. The Morgan fingerprint density at radius 1 is 1.64 bits per heavy atom. The molecule has 0 aromatic carbocycles. The lowest BCUT2D eigenvalue weighted by Gasteiger charge is -2.11. The minimum Gasteiger partial charge on any atom is -0.327 e. The van der Waals surface area contributed by atoms with Crippen molar-refractivity contribution in [2.45, 2.75) is 6.18 Å². The van der Waals surface area contributed by atoms with E-state index in [9.17, 15) is 18.0 Å². The highest BCUT2D eigenvalue weighted by Crippen LogP contribution is 2.11. The molecule has 11 heavy (non-hydrogen) atoms. The molecule has 0 fully saturated rings. The van der Waals surface area contributed by atoms with Crippen LogP contribution in [0.4, 0.5) is 18.0 Å². The summed E-state index contributed by atoms with van der Waals surface area (Å²) in [6.07, 6.45) is -4.45. The van der Waals surface area contributed by atoms with Gasteiger partial charge in [0.2, 0.25) is 0 Å². The summed E-state index contributed by atoms with van der Waals surface area (Å²) in [5, 5.41) is 9.74. The normalized spacial score (nSPS) is 11.0. The summed E-state index contributed by atoms with van der Waals surface area (Å²) in [4.78, 5) is 10.3. The van der Waals surface area contributed by atoms with E-state index >= 15 is 0 Å². The maximum absolute atomic E-state index is 11.4. The molecule has 0 radical (unpaired) electrons. The van der Waals surface area contributed by atoms with Crippen LogP contribution < -0.4 is 5.32 Å². The largest absolute Gasteiger partial charge is 0.405 e. The number of hydrogen-bond acceptors (Lipinski definition) is 2. The first-order chi connectivity index (χ1) is 4.83. The molecule has 4 nitrogen and oxygen atoms in total. The summed E-state index contributed by atoms with van der Waals surface area (Å²) < 4.78 is 34.1. The Balaban J connectivity index is 3.64. The third kappa shape index (κ3) is 5.46. The molecule has 0 atom stereocenters. The van der Waals surface area contributed by atoms with Crippen molar-refractivity contribution >= 4 is 6.03 Å². The topological polar surface area (TPSA) is 52.6 Å². The van der Waals surface area contributed by atoms with Gasteiger partial charge in [0.25, 0.3) is 0 Å². The second-order valence-corrected chi connectivity index (χ2v) is 1.80. The van der Waals surface area contributed by atoms with Gasteiger partial charge >= 0.3 is 12.2 Å². The number of nitrogens with one attached hydrogen (secondary N) is 1. The molecule has 0 rings (SSSR count). The van der Waals surface area contributed by atoms with Crippen LogP contribution in [0, 0.1) is 0 Å². The number of hydrogen-bond donors (Lipinski definition) is 2. The molecule has 0 saturated heterocycles. The molecule has 0 aliphatic rings. The van der Waals surface area contributed by atoms with Crippen molar-refractivity contribution in [2.75, 3.05) is 13.6 Å². The van der Waals surface area contributed by atoms with Gasteiger partial charge in [-0.3, -0.25) is 5.21 Å². The first-order valence-corrected chi connectivity index (χ1v) is 2.60. The molecule has 0 bridgehead atoms. The minimum atomic E-state index is -4.45. The standard InChI is InChI=1S/C4H7F3N2O2/c1-9(11)3(10)8-2-4(5,6)7/h11H,2H2,1H3,(H,8,10). The fourth-order valence-corrected chi connectivity index (χ4v) is 0.290. The highest BCUT2D eigenvalue weighted by atomic mass is 19.4. The van der Waals surface area contributed by atoms with Crippen molar-refractivity contribution in [2.24, 2.45) is 0 Å². The number of halogens is 3. The molecule has 0 aliphatic carbocycles. The van der Waals surface area contributed by atoms with Crippen LogP contribution in [-0.4, -0.2) is 36.1 Å². The maximum Gasteiger partial charge on any atom is 0.405 e. The Labute approximate surface area is 60.6 Å². The van der Waals surface area contributed by atoms with Gasteiger partial charge in [-0.1, -0.05) is 0 Å². The van der Waals surface area contributed by atoms with E-state index in [4.69, 9.17) is 5.21 Å². The highest BCUT2D eigenvalue weighted by molar-refractivity contribution is 5.72. The van der Waals surface area contributed by atoms with E-state index in [0.29, 0.717) is 0 Å². The van der Waals surface area contributed by atoms with Gasteiger partial charge < -0.3 is 5.32 Å². The van der Waals surface area contributed by atoms with E-state index in [2.05, 4.69) is 0 Å². The zero-order valence-electron chi connectivity index (χ0n) is 5.64. The zero-order chi connectivity index (χ0) is 9.07. The first-order valence-electron chi connectivity index (χ1n) is 2.60. The summed E-state index contributed by atoms with van der Waals surface area (Å²) in [7, 11) is 0.922. The maximum atomic E-state index is 11.4. The average molecular weight is 172 g/mol. The van der Waals surface area contributed by atoms with Crippen molar-refractivity contribution in [3.63, 3.8) is 0 Å². The van der Waals surface area contributed by atoms with Crippen LogP contribution in [0.3, 0.4) is 0 Å². The van der Waals surface area contributed by atoms with Gasteiger partial charge in [0.15, 0.2) is 0 Å². The van der Waals surface area contributed by atoms with Gasteiger partial charge in [0.05, 0.1) is 0 Å². The summed E-state index contributed by atoms with van der Waals surface area (Å²) >= 11 is 0. The summed E-state index contributed by atoms with van der Waals surface area (Å²) in [6, 6.07) is -1.19. The fraction of sp³-hybridized carbons (Fsp3) is 0.750. The van der Waals surface area contributed by atoms with Crippen LogP contribution in [-0.2, 0) is 0 Å². The molecule has 66 valence electrons. The monoisotopic (exact) mass is 172 g/mol.